The summed E-state index contributed by atoms with van der Waals surface area (Å²) in [5.74, 6) is 0.355. The number of rotatable bonds is 5. The molecule has 3 rings (SSSR count). The molecule has 0 spiro atoms. The number of carbonyl (C=O) groups excluding carboxylic acids is 1. The third-order valence-corrected chi connectivity index (χ3v) is 4.75. The highest BCUT2D eigenvalue weighted by atomic mass is 35.5. The number of halogens is 1. The zero-order valence-electron chi connectivity index (χ0n) is 14.0. The minimum absolute atomic E-state index is 0.0723. The van der Waals surface area contributed by atoms with E-state index in [0.717, 1.165) is 37.4 Å². The summed E-state index contributed by atoms with van der Waals surface area (Å²) in [5.41, 5.74) is 2.16. The number of piperazine rings is 1. The first kappa shape index (κ1) is 17.6. The first-order chi connectivity index (χ1) is 12.1. The molecule has 0 aromatic heterocycles. The Bertz CT molecular complexity index is 696. The summed E-state index contributed by atoms with van der Waals surface area (Å²) in [7, 11) is 0. The van der Waals surface area contributed by atoms with E-state index in [1.54, 1.807) is 12.1 Å². The number of quaternary nitrogens is 1. The zero-order chi connectivity index (χ0) is 17.6. The Kier molecular flexibility index (Phi) is 5.79. The molecule has 6 heteroatoms. The average Bonchev–Trinajstić information content (AvgIpc) is 2.63. The normalized spacial score (nSPS) is 15.2. The first-order valence-corrected chi connectivity index (χ1v) is 8.86. The molecule has 25 heavy (non-hydrogen) atoms. The number of aromatic hydroxyl groups is 1. The number of nitrogens with one attached hydrogen (secondary N) is 2. The second-order valence-electron chi connectivity index (χ2n) is 6.33. The van der Waals surface area contributed by atoms with Crippen LogP contribution in [-0.4, -0.2) is 43.7 Å². The molecule has 1 amide bonds. The van der Waals surface area contributed by atoms with Gasteiger partial charge in [0.05, 0.1) is 26.2 Å². The van der Waals surface area contributed by atoms with E-state index in [1.807, 2.05) is 36.4 Å². The van der Waals surface area contributed by atoms with Crippen LogP contribution in [0.3, 0.4) is 0 Å². The summed E-state index contributed by atoms with van der Waals surface area (Å²) >= 11 is 5.86. The molecule has 5 nitrogen and oxygen atoms in total. The second kappa shape index (κ2) is 8.23. The van der Waals surface area contributed by atoms with Gasteiger partial charge in [0.2, 0.25) is 0 Å². The molecule has 1 aliphatic rings. The highest BCUT2D eigenvalue weighted by Gasteiger charge is 2.22. The van der Waals surface area contributed by atoms with Crippen molar-refractivity contribution in [3.63, 3.8) is 0 Å². The molecular formula is C19H23ClN3O2+. The number of carbonyl (C=O) groups is 1. The molecule has 0 atom stereocenters. The Morgan fingerprint density at radius 1 is 1.08 bits per heavy atom. The van der Waals surface area contributed by atoms with Gasteiger partial charge < -0.3 is 20.2 Å². The average molecular weight is 361 g/mol. The Morgan fingerprint density at radius 2 is 1.72 bits per heavy atom. The number of amides is 1. The summed E-state index contributed by atoms with van der Waals surface area (Å²) in [5, 5.41) is 13.0. The van der Waals surface area contributed by atoms with Crippen molar-refractivity contribution in [2.75, 3.05) is 37.6 Å². The molecule has 1 saturated heterocycles. The number of phenols is 1. The summed E-state index contributed by atoms with van der Waals surface area (Å²) in [6, 6.07) is 14.8. The molecule has 0 radical (unpaired) electrons. The van der Waals surface area contributed by atoms with E-state index in [0.29, 0.717) is 18.1 Å². The molecule has 0 bridgehead atoms. The Balaban J connectivity index is 1.41. The molecule has 2 aromatic carbocycles. The highest BCUT2D eigenvalue weighted by molar-refractivity contribution is 6.30. The lowest BCUT2D eigenvalue weighted by Gasteiger charge is -2.33. The van der Waals surface area contributed by atoms with Gasteiger partial charge in [0.25, 0.3) is 5.91 Å². The maximum absolute atomic E-state index is 12.1. The van der Waals surface area contributed by atoms with Crippen LogP contribution < -0.4 is 15.1 Å². The SMILES string of the molecule is O=C(C[NH+]1CCN(c2ccc(O)cc2)CC1)NCc1ccc(Cl)cc1. The second-order valence-corrected chi connectivity index (χ2v) is 6.77. The van der Waals surface area contributed by atoms with Gasteiger partial charge in [-0.3, -0.25) is 4.79 Å². The fraction of sp³-hybridized carbons (Fsp3) is 0.316. The third kappa shape index (κ3) is 5.11. The summed E-state index contributed by atoms with van der Waals surface area (Å²) in [6.07, 6.45) is 0. The molecule has 1 aliphatic heterocycles. The van der Waals surface area contributed by atoms with Gasteiger partial charge in [0, 0.05) is 17.3 Å². The van der Waals surface area contributed by atoms with E-state index in [9.17, 15) is 9.90 Å². The number of anilines is 1. The van der Waals surface area contributed by atoms with Crippen molar-refractivity contribution in [3.8, 4) is 5.75 Å². The maximum Gasteiger partial charge on any atom is 0.275 e. The number of hydrogen-bond acceptors (Lipinski definition) is 3. The molecule has 3 N–H and O–H groups in total. The smallest absolute Gasteiger partial charge is 0.275 e. The molecule has 132 valence electrons. The summed E-state index contributed by atoms with van der Waals surface area (Å²) in [6.45, 7) is 4.69. The van der Waals surface area contributed by atoms with Gasteiger partial charge >= 0.3 is 0 Å². The van der Waals surface area contributed by atoms with Crippen molar-refractivity contribution in [1.29, 1.82) is 0 Å². The van der Waals surface area contributed by atoms with Crippen LogP contribution in [0.4, 0.5) is 5.69 Å². The van der Waals surface area contributed by atoms with Crippen molar-refractivity contribution < 1.29 is 14.8 Å². The monoisotopic (exact) mass is 360 g/mol. The number of hydrogen-bond donors (Lipinski definition) is 3. The van der Waals surface area contributed by atoms with Crippen LogP contribution in [0.25, 0.3) is 0 Å². The topological polar surface area (TPSA) is 57.0 Å². The van der Waals surface area contributed by atoms with E-state index in [1.165, 1.54) is 4.90 Å². The fourth-order valence-corrected chi connectivity index (χ4v) is 3.14. The van der Waals surface area contributed by atoms with E-state index < -0.39 is 0 Å². The van der Waals surface area contributed by atoms with Crippen molar-refractivity contribution in [3.05, 3.63) is 59.1 Å². The van der Waals surface area contributed by atoms with Gasteiger partial charge in [0.15, 0.2) is 6.54 Å². The van der Waals surface area contributed by atoms with Crippen molar-refractivity contribution in [2.24, 2.45) is 0 Å². The molecule has 0 unspecified atom stereocenters. The minimum atomic E-state index is 0.0723. The maximum atomic E-state index is 12.1. The predicted molar refractivity (Wildman–Crippen MR) is 99.2 cm³/mol. The van der Waals surface area contributed by atoms with Crippen molar-refractivity contribution in [2.45, 2.75) is 6.54 Å². The lowest BCUT2D eigenvalue weighted by atomic mass is 10.2. The molecule has 1 heterocycles. The number of nitrogens with zero attached hydrogens (tertiary/aromatic N) is 1. The van der Waals surface area contributed by atoms with Gasteiger partial charge in [-0.25, -0.2) is 0 Å². The lowest BCUT2D eigenvalue weighted by Crippen LogP contribution is -3.15. The fourth-order valence-electron chi connectivity index (χ4n) is 3.01. The van der Waals surface area contributed by atoms with Gasteiger partial charge in [0.1, 0.15) is 5.75 Å². The van der Waals surface area contributed by atoms with Crippen LogP contribution in [0.2, 0.25) is 5.02 Å². The van der Waals surface area contributed by atoms with Crippen LogP contribution in [0, 0.1) is 0 Å². The van der Waals surface area contributed by atoms with E-state index in [-0.39, 0.29) is 11.7 Å². The Labute approximate surface area is 152 Å². The predicted octanol–water partition coefficient (Wildman–Crippen LogP) is 1.07. The highest BCUT2D eigenvalue weighted by Crippen LogP contribution is 2.18. The molecule has 0 aliphatic carbocycles. The van der Waals surface area contributed by atoms with Gasteiger partial charge in [-0.2, -0.15) is 0 Å². The van der Waals surface area contributed by atoms with Crippen LogP contribution in [0.1, 0.15) is 5.56 Å². The summed E-state index contributed by atoms with van der Waals surface area (Å²) < 4.78 is 0. The van der Waals surface area contributed by atoms with Crippen LogP contribution in [0.5, 0.6) is 5.75 Å². The third-order valence-electron chi connectivity index (χ3n) is 4.50. The van der Waals surface area contributed by atoms with Crippen LogP contribution >= 0.6 is 11.6 Å². The van der Waals surface area contributed by atoms with E-state index >= 15 is 0 Å². The Hall–Kier alpha value is -2.24. The van der Waals surface area contributed by atoms with Gasteiger partial charge in [-0.1, -0.05) is 23.7 Å². The molecule has 0 saturated carbocycles. The summed E-state index contributed by atoms with van der Waals surface area (Å²) in [4.78, 5) is 15.7. The van der Waals surface area contributed by atoms with E-state index in [4.69, 9.17) is 11.6 Å². The largest absolute Gasteiger partial charge is 0.508 e. The van der Waals surface area contributed by atoms with Crippen LogP contribution in [0.15, 0.2) is 48.5 Å². The standard InChI is InChI=1S/C19H22ClN3O2/c20-16-3-1-15(2-4-16)13-21-19(25)14-22-9-11-23(12-10-22)17-5-7-18(24)8-6-17/h1-8,24H,9-14H2,(H,21,25)/p+1. The van der Waals surface area contributed by atoms with Gasteiger partial charge in [-0.15, -0.1) is 0 Å². The van der Waals surface area contributed by atoms with Crippen molar-refractivity contribution in [1.82, 2.24) is 5.32 Å². The van der Waals surface area contributed by atoms with Gasteiger partial charge in [-0.05, 0) is 42.0 Å². The van der Waals surface area contributed by atoms with Crippen LogP contribution in [-0.2, 0) is 11.3 Å². The van der Waals surface area contributed by atoms with Crippen molar-refractivity contribution >= 4 is 23.2 Å². The molecule has 1 fully saturated rings. The van der Waals surface area contributed by atoms with E-state index in [2.05, 4.69) is 10.2 Å². The zero-order valence-corrected chi connectivity index (χ0v) is 14.8. The minimum Gasteiger partial charge on any atom is -0.508 e. The lowest BCUT2D eigenvalue weighted by molar-refractivity contribution is -0.892. The molecular weight excluding hydrogens is 338 g/mol. The quantitative estimate of drug-likeness (QED) is 0.747. The number of phenolic OH excluding ortho intramolecular Hbond substituents is 1. The first-order valence-electron chi connectivity index (χ1n) is 8.49. The number of benzene rings is 2. The Morgan fingerprint density at radius 3 is 2.36 bits per heavy atom. The molecule has 2 aromatic rings.